The van der Waals surface area contributed by atoms with Gasteiger partial charge in [-0.1, -0.05) is 50.1 Å². The molecule has 2 unspecified atom stereocenters. The molecule has 3 rings (SSSR count). The Morgan fingerprint density at radius 2 is 1.88 bits per heavy atom. The van der Waals surface area contributed by atoms with Crippen LogP contribution in [-0.2, 0) is 0 Å². The first-order valence-electron chi connectivity index (χ1n) is 8.54. The van der Waals surface area contributed by atoms with Crippen molar-refractivity contribution in [3.63, 3.8) is 0 Å². The summed E-state index contributed by atoms with van der Waals surface area (Å²) in [7, 11) is 0. The first-order chi connectivity index (χ1) is 12.0. The van der Waals surface area contributed by atoms with Crippen molar-refractivity contribution >= 4 is 29.0 Å². The van der Waals surface area contributed by atoms with Gasteiger partial charge in [0.05, 0.1) is 5.69 Å². The Bertz CT molecular complexity index is 757. The lowest BCUT2D eigenvalue weighted by molar-refractivity contribution is 0.0703. The van der Waals surface area contributed by atoms with E-state index in [1.165, 1.54) is 17.8 Å². The maximum atomic E-state index is 12.3. The number of rotatable bonds is 4. The molecule has 3 N–H and O–H groups in total. The van der Waals surface area contributed by atoms with Crippen LogP contribution >= 0.6 is 11.3 Å². The van der Waals surface area contributed by atoms with Gasteiger partial charge < -0.3 is 15.7 Å². The van der Waals surface area contributed by atoms with Gasteiger partial charge in [-0.25, -0.2) is 9.59 Å². The summed E-state index contributed by atoms with van der Waals surface area (Å²) in [6.07, 6.45) is 4.41. The number of amides is 2. The minimum Gasteiger partial charge on any atom is -0.477 e. The summed E-state index contributed by atoms with van der Waals surface area (Å²) in [6.45, 7) is 2.14. The Morgan fingerprint density at radius 3 is 2.56 bits per heavy atom. The predicted octanol–water partition coefficient (Wildman–Crippen LogP) is 4.81. The number of aromatic carboxylic acids is 1. The first-order valence-corrected chi connectivity index (χ1v) is 9.36. The topological polar surface area (TPSA) is 78.4 Å². The fraction of sp³-hybridized carbons (Fsp3) is 0.368. The molecule has 2 aromatic rings. The summed E-state index contributed by atoms with van der Waals surface area (Å²) >= 11 is 1.17. The minimum atomic E-state index is -1.03. The summed E-state index contributed by atoms with van der Waals surface area (Å²) in [5.74, 6) is -0.589. The van der Waals surface area contributed by atoms with Crippen molar-refractivity contribution in [3.05, 3.63) is 41.3 Å². The molecule has 1 saturated carbocycles. The van der Waals surface area contributed by atoms with Crippen molar-refractivity contribution in [2.75, 3.05) is 5.32 Å². The molecule has 1 aliphatic rings. The molecule has 1 heterocycles. The molecule has 0 spiro atoms. The molecular weight excluding hydrogens is 336 g/mol. The predicted molar refractivity (Wildman–Crippen MR) is 100 cm³/mol. The van der Waals surface area contributed by atoms with E-state index in [0.717, 1.165) is 29.7 Å². The van der Waals surface area contributed by atoms with Crippen LogP contribution in [0.1, 0.15) is 42.3 Å². The lowest BCUT2D eigenvalue weighted by Crippen LogP contribution is -2.43. The van der Waals surface area contributed by atoms with Crippen molar-refractivity contribution in [3.8, 4) is 10.4 Å². The second-order valence-electron chi connectivity index (χ2n) is 6.49. The molecule has 1 aromatic carbocycles. The van der Waals surface area contributed by atoms with Gasteiger partial charge in [0.25, 0.3) is 0 Å². The molecular formula is C19H22N2O3S. The maximum Gasteiger partial charge on any atom is 0.348 e. The fourth-order valence-electron chi connectivity index (χ4n) is 3.24. The lowest BCUT2D eigenvalue weighted by atomic mass is 9.86. The lowest BCUT2D eigenvalue weighted by Gasteiger charge is -2.29. The van der Waals surface area contributed by atoms with Crippen molar-refractivity contribution in [2.24, 2.45) is 5.92 Å². The molecule has 0 radical (unpaired) electrons. The van der Waals surface area contributed by atoms with Gasteiger partial charge in [-0.3, -0.25) is 0 Å². The van der Waals surface area contributed by atoms with E-state index in [1.54, 1.807) is 6.07 Å². The third-order valence-electron chi connectivity index (χ3n) is 4.66. The molecule has 2 amide bonds. The van der Waals surface area contributed by atoms with Crippen molar-refractivity contribution < 1.29 is 14.7 Å². The van der Waals surface area contributed by atoms with Gasteiger partial charge >= 0.3 is 12.0 Å². The van der Waals surface area contributed by atoms with Gasteiger partial charge in [0.1, 0.15) is 4.88 Å². The zero-order valence-electron chi connectivity index (χ0n) is 14.1. The van der Waals surface area contributed by atoms with Crippen LogP contribution in [0.4, 0.5) is 10.5 Å². The summed E-state index contributed by atoms with van der Waals surface area (Å²) < 4.78 is 0. The van der Waals surface area contributed by atoms with Crippen LogP contribution in [0.3, 0.4) is 0 Å². The molecule has 6 heteroatoms. The third kappa shape index (κ3) is 4.20. The Morgan fingerprint density at radius 1 is 1.16 bits per heavy atom. The van der Waals surface area contributed by atoms with E-state index in [-0.39, 0.29) is 17.0 Å². The number of anilines is 1. The number of carbonyl (C=O) groups is 2. The van der Waals surface area contributed by atoms with Crippen LogP contribution in [0.15, 0.2) is 36.4 Å². The molecule has 1 aromatic heterocycles. The van der Waals surface area contributed by atoms with Gasteiger partial charge in [-0.05, 0) is 30.4 Å². The van der Waals surface area contributed by atoms with Crippen molar-refractivity contribution in [1.82, 2.24) is 5.32 Å². The first kappa shape index (κ1) is 17.5. The molecule has 1 aliphatic carbocycles. The number of carboxylic acids is 1. The molecule has 1 fully saturated rings. The molecule has 5 nitrogen and oxygen atoms in total. The van der Waals surface area contributed by atoms with Crippen LogP contribution in [0.5, 0.6) is 0 Å². The zero-order valence-corrected chi connectivity index (χ0v) is 14.9. The Kier molecular flexibility index (Phi) is 5.38. The summed E-state index contributed by atoms with van der Waals surface area (Å²) in [6, 6.07) is 11.1. The Hall–Kier alpha value is -2.34. The van der Waals surface area contributed by atoms with E-state index in [4.69, 9.17) is 0 Å². The normalized spacial score (nSPS) is 20.0. The van der Waals surface area contributed by atoms with E-state index < -0.39 is 5.97 Å². The number of benzene rings is 1. The van der Waals surface area contributed by atoms with Gasteiger partial charge in [-0.15, -0.1) is 11.3 Å². The van der Waals surface area contributed by atoms with Crippen LogP contribution in [0, 0.1) is 5.92 Å². The zero-order chi connectivity index (χ0) is 17.8. The summed E-state index contributed by atoms with van der Waals surface area (Å²) in [4.78, 5) is 24.8. The highest BCUT2D eigenvalue weighted by Gasteiger charge is 2.24. The van der Waals surface area contributed by atoms with Crippen LogP contribution in [0.25, 0.3) is 10.4 Å². The highest BCUT2D eigenvalue weighted by atomic mass is 32.1. The minimum absolute atomic E-state index is 0.144. The monoisotopic (exact) mass is 358 g/mol. The molecule has 25 heavy (non-hydrogen) atoms. The van der Waals surface area contributed by atoms with E-state index in [0.29, 0.717) is 11.6 Å². The summed E-state index contributed by atoms with van der Waals surface area (Å²) in [5.41, 5.74) is 1.28. The Labute approximate surface area is 151 Å². The molecule has 2 atom stereocenters. The van der Waals surface area contributed by atoms with E-state index in [2.05, 4.69) is 17.6 Å². The van der Waals surface area contributed by atoms with E-state index in [1.807, 2.05) is 30.3 Å². The largest absolute Gasteiger partial charge is 0.477 e. The number of carboxylic acid groups (broad SMARTS) is 1. The Balaban J connectivity index is 1.75. The molecule has 132 valence electrons. The average molecular weight is 358 g/mol. The number of urea groups is 1. The second kappa shape index (κ2) is 7.70. The third-order valence-corrected chi connectivity index (χ3v) is 5.83. The van der Waals surface area contributed by atoms with Crippen molar-refractivity contribution in [2.45, 2.75) is 38.6 Å². The number of thiophene rings is 1. The van der Waals surface area contributed by atoms with Gasteiger partial charge in [0, 0.05) is 10.9 Å². The highest BCUT2D eigenvalue weighted by Crippen LogP contribution is 2.35. The molecule has 0 saturated heterocycles. The molecule has 0 aliphatic heterocycles. The average Bonchev–Trinajstić information content (AvgIpc) is 3.02. The quantitative estimate of drug-likeness (QED) is 0.733. The van der Waals surface area contributed by atoms with Gasteiger partial charge in [-0.2, -0.15) is 0 Å². The standard InChI is InChI=1S/C19H22N2O3S/c1-12-7-5-6-10-14(12)20-19(24)21-15-11-16(25-17(15)18(22)23)13-8-3-2-4-9-13/h2-4,8-9,11-12,14H,5-7,10H2,1H3,(H,22,23)(H2,20,21,24). The van der Waals surface area contributed by atoms with E-state index in [9.17, 15) is 14.7 Å². The van der Waals surface area contributed by atoms with E-state index >= 15 is 0 Å². The fourth-order valence-corrected chi connectivity index (χ4v) is 4.20. The summed E-state index contributed by atoms with van der Waals surface area (Å²) in [5, 5.41) is 15.2. The van der Waals surface area contributed by atoms with Crippen molar-refractivity contribution in [1.29, 1.82) is 0 Å². The SMILES string of the molecule is CC1CCCCC1NC(=O)Nc1cc(-c2ccccc2)sc1C(=O)O. The van der Waals surface area contributed by atoms with Crippen LogP contribution < -0.4 is 10.6 Å². The van der Waals surface area contributed by atoms with Gasteiger partial charge in [0.2, 0.25) is 0 Å². The van der Waals surface area contributed by atoms with Gasteiger partial charge in [0.15, 0.2) is 0 Å². The van der Waals surface area contributed by atoms with Crippen LogP contribution in [0.2, 0.25) is 0 Å². The smallest absolute Gasteiger partial charge is 0.348 e. The molecule has 0 bridgehead atoms. The second-order valence-corrected chi connectivity index (χ2v) is 7.54. The van der Waals surface area contributed by atoms with Crippen LogP contribution in [-0.4, -0.2) is 23.1 Å². The number of carbonyl (C=O) groups excluding carboxylic acids is 1. The maximum absolute atomic E-state index is 12.3. The number of hydrogen-bond donors (Lipinski definition) is 3. The highest BCUT2D eigenvalue weighted by molar-refractivity contribution is 7.18. The number of nitrogens with one attached hydrogen (secondary N) is 2. The number of hydrogen-bond acceptors (Lipinski definition) is 3.